The maximum absolute atomic E-state index is 13.1. The summed E-state index contributed by atoms with van der Waals surface area (Å²) in [7, 11) is -9.92. The summed E-state index contributed by atoms with van der Waals surface area (Å²) in [5.41, 5.74) is 0. The molecule has 17 nitrogen and oxygen atoms in total. The molecule has 0 radical (unpaired) electrons. The largest absolute Gasteiger partial charge is 0.472 e. The summed E-state index contributed by atoms with van der Waals surface area (Å²) in [6, 6.07) is 0. The Morgan fingerprint density at radius 1 is 0.260 bits per heavy atom. The standard InChI is InChI=1S/C85H166O17P2/c1-6-9-12-15-18-20-22-24-26-28-30-32-34-36-38-40-45-49-54-59-64-69-83(88)96-75-81(102-85(90)70-65-60-55-50-46-41-39-37-35-33-31-29-27-25-23-21-19-16-13-10-7-2)77-100-104(93,94)98-73-79(86)72-97-103(91,92)99-76-80(74-95-82(87)68-63-58-52-17-14-11-8-3)101-84(89)71-66-61-56-51-47-43-42-44-48-53-57-62-67-78(4)5/h78-81,86H,6-77H2,1-5H3,(H,91,92)(H,93,94)/t79-,80+,81+/m0/s1. The van der Waals surface area contributed by atoms with Gasteiger partial charge in [0.1, 0.15) is 19.3 Å². The van der Waals surface area contributed by atoms with E-state index in [9.17, 15) is 43.2 Å². The van der Waals surface area contributed by atoms with Gasteiger partial charge in [-0.1, -0.05) is 407 Å². The Morgan fingerprint density at radius 3 is 0.654 bits per heavy atom. The second-order valence-electron chi connectivity index (χ2n) is 31.1. The van der Waals surface area contributed by atoms with Gasteiger partial charge in [-0.25, -0.2) is 9.13 Å². The molecule has 0 saturated carbocycles. The van der Waals surface area contributed by atoms with Crippen molar-refractivity contribution in [3.05, 3.63) is 0 Å². The molecule has 0 heterocycles. The molecule has 0 aromatic heterocycles. The van der Waals surface area contributed by atoms with Gasteiger partial charge in [0, 0.05) is 25.7 Å². The molecule has 0 aromatic carbocycles. The lowest BCUT2D eigenvalue weighted by Crippen LogP contribution is -2.30. The number of hydrogen-bond donors (Lipinski definition) is 3. The molecule has 0 saturated heterocycles. The Labute approximate surface area is 638 Å². The molecule has 0 aromatic rings. The summed E-state index contributed by atoms with van der Waals surface area (Å²) in [6.07, 6.45) is 71.2. The van der Waals surface area contributed by atoms with E-state index in [0.717, 1.165) is 109 Å². The van der Waals surface area contributed by atoms with Crippen LogP contribution in [0, 0.1) is 5.92 Å². The molecule has 0 aliphatic heterocycles. The zero-order valence-electron chi connectivity index (χ0n) is 68.2. The molecule has 0 amide bonds. The smallest absolute Gasteiger partial charge is 0.462 e. The second-order valence-corrected chi connectivity index (χ2v) is 34.0. The summed E-state index contributed by atoms with van der Waals surface area (Å²) in [5, 5.41) is 10.6. The van der Waals surface area contributed by atoms with E-state index in [4.69, 9.17) is 37.0 Å². The van der Waals surface area contributed by atoms with Crippen LogP contribution < -0.4 is 0 Å². The minimum absolute atomic E-state index is 0.107. The summed E-state index contributed by atoms with van der Waals surface area (Å²) in [4.78, 5) is 73.0. The summed E-state index contributed by atoms with van der Waals surface area (Å²) >= 11 is 0. The molecule has 104 heavy (non-hydrogen) atoms. The van der Waals surface area contributed by atoms with Crippen LogP contribution in [0.5, 0.6) is 0 Å². The predicted octanol–water partition coefficient (Wildman–Crippen LogP) is 26.0. The first-order valence-corrected chi connectivity index (χ1v) is 47.1. The zero-order chi connectivity index (χ0) is 76.2. The number of unbranched alkanes of at least 4 members (excludes halogenated alkanes) is 57. The Hall–Kier alpha value is -1.94. The molecule has 3 N–H and O–H groups in total. The predicted molar refractivity (Wildman–Crippen MR) is 428 cm³/mol. The van der Waals surface area contributed by atoms with Crippen molar-refractivity contribution in [2.45, 2.75) is 477 Å². The highest BCUT2D eigenvalue weighted by Gasteiger charge is 2.30. The minimum Gasteiger partial charge on any atom is -0.462 e. The van der Waals surface area contributed by atoms with Crippen molar-refractivity contribution in [2.75, 3.05) is 39.6 Å². The highest BCUT2D eigenvalue weighted by molar-refractivity contribution is 7.47. The molecule has 0 bridgehead atoms. The van der Waals surface area contributed by atoms with Gasteiger partial charge in [-0.05, 0) is 31.6 Å². The van der Waals surface area contributed by atoms with Crippen molar-refractivity contribution >= 4 is 39.5 Å². The van der Waals surface area contributed by atoms with Crippen LogP contribution in [0.2, 0.25) is 0 Å². The van der Waals surface area contributed by atoms with E-state index in [-0.39, 0.29) is 25.7 Å². The minimum atomic E-state index is -4.96. The van der Waals surface area contributed by atoms with Gasteiger partial charge >= 0.3 is 39.5 Å². The molecule has 2 unspecified atom stereocenters. The number of aliphatic hydroxyl groups is 1. The van der Waals surface area contributed by atoms with Gasteiger partial charge in [0.25, 0.3) is 0 Å². The van der Waals surface area contributed by atoms with E-state index < -0.39 is 97.5 Å². The van der Waals surface area contributed by atoms with Crippen LogP contribution in [0.1, 0.15) is 458 Å². The van der Waals surface area contributed by atoms with E-state index in [1.807, 2.05) is 0 Å². The fourth-order valence-electron chi connectivity index (χ4n) is 13.3. The van der Waals surface area contributed by atoms with Crippen molar-refractivity contribution in [3.8, 4) is 0 Å². The van der Waals surface area contributed by atoms with Crippen LogP contribution in [0.3, 0.4) is 0 Å². The number of aliphatic hydroxyl groups excluding tert-OH is 1. The Kier molecular flexibility index (Phi) is 76.3. The quantitative estimate of drug-likeness (QED) is 0.0222. The summed E-state index contributed by atoms with van der Waals surface area (Å²) in [5.74, 6) is -1.33. The third kappa shape index (κ3) is 78.2. The number of carbonyl (C=O) groups is 4. The van der Waals surface area contributed by atoms with Crippen molar-refractivity contribution in [2.24, 2.45) is 5.92 Å². The lowest BCUT2D eigenvalue weighted by Gasteiger charge is -2.21. The summed E-state index contributed by atoms with van der Waals surface area (Å²) in [6.45, 7) is 7.31. The van der Waals surface area contributed by atoms with E-state index in [1.165, 1.54) is 270 Å². The SMILES string of the molecule is CCCCCCCCCCCCCCCCCCCCCCCC(=O)OC[C@H](COP(=O)(O)OC[C@@H](O)COP(=O)(O)OC[C@@H](COC(=O)CCCCCCCCC)OC(=O)CCCCCCCCCCCCCCC(C)C)OC(=O)CCCCCCCCCCCCCCCCCCCCCCC. The monoisotopic (exact) mass is 1520 g/mol. The number of rotatable bonds is 85. The first kappa shape index (κ1) is 102. The van der Waals surface area contributed by atoms with Gasteiger partial charge < -0.3 is 33.8 Å². The highest BCUT2D eigenvalue weighted by Crippen LogP contribution is 2.45. The molecule has 5 atom stereocenters. The van der Waals surface area contributed by atoms with Gasteiger partial charge in [-0.15, -0.1) is 0 Å². The normalized spacial score (nSPS) is 13.8. The molecular weight excluding hydrogens is 1350 g/mol. The fourth-order valence-corrected chi connectivity index (χ4v) is 14.9. The number of phosphoric acid groups is 2. The third-order valence-corrected chi connectivity index (χ3v) is 21.9. The number of phosphoric ester groups is 2. The number of hydrogen-bond acceptors (Lipinski definition) is 15. The first-order chi connectivity index (χ1) is 50.5. The topological polar surface area (TPSA) is 237 Å². The molecule has 0 aliphatic carbocycles. The summed E-state index contributed by atoms with van der Waals surface area (Å²) < 4.78 is 68.7. The number of ether oxygens (including phenoxy) is 4. The zero-order valence-corrected chi connectivity index (χ0v) is 70.0. The van der Waals surface area contributed by atoms with Gasteiger partial charge in [0.05, 0.1) is 26.4 Å². The van der Waals surface area contributed by atoms with Crippen LogP contribution in [0.25, 0.3) is 0 Å². The van der Waals surface area contributed by atoms with Crippen molar-refractivity contribution in [1.29, 1.82) is 0 Å². The average molecular weight is 1520 g/mol. The van der Waals surface area contributed by atoms with E-state index >= 15 is 0 Å². The van der Waals surface area contributed by atoms with Crippen molar-refractivity contribution < 1.29 is 80.2 Å². The first-order valence-electron chi connectivity index (χ1n) is 44.1. The van der Waals surface area contributed by atoms with Crippen LogP contribution in [-0.4, -0.2) is 96.7 Å². The third-order valence-electron chi connectivity index (χ3n) is 20.0. The molecule has 0 fully saturated rings. The van der Waals surface area contributed by atoms with Crippen LogP contribution in [0.4, 0.5) is 0 Å². The van der Waals surface area contributed by atoms with E-state index in [2.05, 4.69) is 34.6 Å². The Balaban J connectivity index is 5.15. The Morgan fingerprint density at radius 2 is 0.442 bits per heavy atom. The fraction of sp³-hybridized carbons (Fsp3) is 0.953. The van der Waals surface area contributed by atoms with Gasteiger partial charge in [0.2, 0.25) is 0 Å². The van der Waals surface area contributed by atoms with E-state index in [1.54, 1.807) is 0 Å². The Bertz CT molecular complexity index is 1980. The molecular formula is C85H166O17P2. The lowest BCUT2D eigenvalue weighted by atomic mass is 10.0. The molecule has 0 aliphatic rings. The second kappa shape index (κ2) is 77.8. The molecule has 618 valence electrons. The van der Waals surface area contributed by atoms with Crippen LogP contribution >= 0.6 is 15.6 Å². The van der Waals surface area contributed by atoms with Gasteiger partial charge in [-0.3, -0.25) is 37.3 Å². The molecule has 19 heteroatoms. The number of esters is 4. The van der Waals surface area contributed by atoms with Crippen LogP contribution in [0.15, 0.2) is 0 Å². The van der Waals surface area contributed by atoms with Gasteiger partial charge in [0.15, 0.2) is 12.2 Å². The average Bonchev–Trinajstić information content (AvgIpc) is 0.917. The van der Waals surface area contributed by atoms with Crippen LogP contribution in [-0.2, 0) is 65.4 Å². The molecule has 0 spiro atoms. The maximum atomic E-state index is 13.1. The van der Waals surface area contributed by atoms with Gasteiger partial charge in [-0.2, -0.15) is 0 Å². The maximum Gasteiger partial charge on any atom is 0.472 e. The van der Waals surface area contributed by atoms with E-state index in [0.29, 0.717) is 25.7 Å². The number of carbonyl (C=O) groups excluding carboxylic acids is 4. The van der Waals surface area contributed by atoms with Crippen molar-refractivity contribution in [1.82, 2.24) is 0 Å². The lowest BCUT2D eigenvalue weighted by molar-refractivity contribution is -0.161. The van der Waals surface area contributed by atoms with Crippen molar-refractivity contribution in [3.63, 3.8) is 0 Å². The highest BCUT2D eigenvalue weighted by atomic mass is 31.2. The molecule has 0 rings (SSSR count).